The van der Waals surface area contributed by atoms with Crippen molar-refractivity contribution in [3.63, 3.8) is 0 Å². The molecule has 0 bridgehead atoms. The molecule has 1 aromatic heterocycles. The van der Waals surface area contributed by atoms with Crippen LogP contribution < -0.4 is 15.5 Å². The van der Waals surface area contributed by atoms with Gasteiger partial charge >= 0.3 is 0 Å². The summed E-state index contributed by atoms with van der Waals surface area (Å²) in [5, 5.41) is 6.01. The second kappa shape index (κ2) is 10.2. The van der Waals surface area contributed by atoms with Crippen molar-refractivity contribution in [2.45, 2.75) is 0 Å². The zero-order valence-corrected chi connectivity index (χ0v) is 17.0. The zero-order chi connectivity index (χ0) is 20.6. The highest BCUT2D eigenvalue weighted by Crippen LogP contribution is 2.19. The average molecular weight is 418 g/mol. The van der Waals surface area contributed by atoms with Gasteiger partial charge in [-0.05, 0) is 43.4 Å². The Morgan fingerprint density at radius 1 is 1.07 bits per heavy atom. The van der Waals surface area contributed by atoms with Gasteiger partial charge in [0.1, 0.15) is 5.82 Å². The van der Waals surface area contributed by atoms with Crippen molar-refractivity contribution in [1.82, 2.24) is 9.88 Å². The third-order valence-corrected chi connectivity index (χ3v) is 4.57. The summed E-state index contributed by atoms with van der Waals surface area (Å²) in [5.41, 5.74) is 1.83. The summed E-state index contributed by atoms with van der Waals surface area (Å²) in [4.78, 5) is 32.2. The Kier molecular flexibility index (Phi) is 7.40. The van der Waals surface area contributed by atoms with Crippen LogP contribution in [0.2, 0.25) is 5.02 Å². The molecule has 0 radical (unpaired) electrons. The van der Waals surface area contributed by atoms with E-state index in [1.807, 2.05) is 24.3 Å². The summed E-state index contributed by atoms with van der Waals surface area (Å²) < 4.78 is 5.36. The molecule has 0 saturated carbocycles. The van der Waals surface area contributed by atoms with Crippen LogP contribution in [0.5, 0.6) is 0 Å². The van der Waals surface area contributed by atoms with Crippen LogP contribution in [0.3, 0.4) is 0 Å². The van der Waals surface area contributed by atoms with E-state index in [0.717, 1.165) is 37.7 Å². The number of morpholine rings is 1. The van der Waals surface area contributed by atoms with Gasteiger partial charge in [0, 0.05) is 30.7 Å². The van der Waals surface area contributed by atoms with Crippen molar-refractivity contribution in [2.24, 2.45) is 0 Å². The Labute approximate surface area is 174 Å². The third-order valence-electron chi connectivity index (χ3n) is 4.35. The van der Waals surface area contributed by atoms with Crippen LogP contribution in [-0.2, 0) is 14.3 Å². The number of halogens is 1. The highest BCUT2D eigenvalue weighted by atomic mass is 35.5. The number of pyridine rings is 1. The van der Waals surface area contributed by atoms with E-state index in [9.17, 15) is 9.59 Å². The lowest BCUT2D eigenvalue weighted by atomic mass is 10.2. The van der Waals surface area contributed by atoms with Crippen molar-refractivity contribution in [2.75, 3.05) is 62.0 Å². The van der Waals surface area contributed by atoms with Gasteiger partial charge < -0.3 is 20.3 Å². The van der Waals surface area contributed by atoms with Crippen LogP contribution >= 0.6 is 11.6 Å². The first-order chi connectivity index (χ1) is 14.0. The smallest absolute Gasteiger partial charge is 0.239 e. The number of likely N-dealkylation sites (N-methyl/N-ethyl adjacent to an activating group) is 1. The maximum absolute atomic E-state index is 12.2. The van der Waals surface area contributed by atoms with E-state index < -0.39 is 0 Å². The monoisotopic (exact) mass is 417 g/mol. The second-order valence-corrected chi connectivity index (χ2v) is 7.21. The van der Waals surface area contributed by atoms with E-state index in [1.54, 1.807) is 24.1 Å². The van der Waals surface area contributed by atoms with E-state index in [0.29, 0.717) is 10.8 Å². The maximum Gasteiger partial charge on any atom is 0.239 e. The van der Waals surface area contributed by atoms with Crippen LogP contribution in [-0.4, -0.2) is 68.1 Å². The van der Waals surface area contributed by atoms with Gasteiger partial charge in [-0.2, -0.15) is 0 Å². The number of ether oxygens (including phenoxy) is 1. The summed E-state index contributed by atoms with van der Waals surface area (Å²) in [6.07, 6.45) is 1.46. The molecule has 2 N–H and O–H groups in total. The van der Waals surface area contributed by atoms with Gasteiger partial charge in [0.2, 0.25) is 11.8 Å². The first-order valence-electron chi connectivity index (χ1n) is 9.32. The number of carbonyl (C=O) groups is 2. The molecule has 1 aliphatic heterocycles. The predicted octanol–water partition coefficient (Wildman–Crippen LogP) is 2.08. The molecule has 0 unspecified atom stereocenters. The van der Waals surface area contributed by atoms with Crippen LogP contribution in [0.15, 0.2) is 42.6 Å². The molecule has 2 aromatic rings. The van der Waals surface area contributed by atoms with Crippen LogP contribution in [0, 0.1) is 0 Å². The predicted molar refractivity (Wildman–Crippen MR) is 113 cm³/mol. The minimum absolute atomic E-state index is 0.0632. The molecule has 2 amide bonds. The van der Waals surface area contributed by atoms with Crippen LogP contribution in [0.25, 0.3) is 0 Å². The molecule has 1 saturated heterocycles. The van der Waals surface area contributed by atoms with Gasteiger partial charge in [0.15, 0.2) is 0 Å². The minimum Gasteiger partial charge on any atom is -0.378 e. The molecular weight excluding hydrogens is 394 g/mol. The average Bonchev–Trinajstić information content (AvgIpc) is 2.70. The summed E-state index contributed by atoms with van der Waals surface area (Å²) in [6.45, 7) is 3.34. The second-order valence-electron chi connectivity index (χ2n) is 6.78. The summed E-state index contributed by atoms with van der Waals surface area (Å²) in [5.74, 6) is -0.0355. The van der Waals surface area contributed by atoms with E-state index in [4.69, 9.17) is 16.3 Å². The van der Waals surface area contributed by atoms with E-state index >= 15 is 0 Å². The zero-order valence-electron chi connectivity index (χ0n) is 16.2. The van der Waals surface area contributed by atoms with Gasteiger partial charge in [-0.25, -0.2) is 4.98 Å². The lowest BCUT2D eigenvalue weighted by molar-refractivity contribution is -0.119. The van der Waals surface area contributed by atoms with Gasteiger partial charge in [-0.3, -0.25) is 14.5 Å². The topological polar surface area (TPSA) is 86.8 Å². The number of anilines is 3. The number of nitrogens with zero attached hydrogens (tertiary/aromatic N) is 3. The molecule has 0 spiro atoms. The summed E-state index contributed by atoms with van der Waals surface area (Å²) >= 11 is 5.77. The number of amides is 2. The minimum atomic E-state index is -0.259. The lowest BCUT2D eigenvalue weighted by Gasteiger charge is -2.28. The fourth-order valence-electron chi connectivity index (χ4n) is 2.96. The molecule has 0 atom stereocenters. The molecule has 29 heavy (non-hydrogen) atoms. The normalized spacial score (nSPS) is 14.0. The Morgan fingerprint density at radius 3 is 2.34 bits per heavy atom. The number of benzene rings is 1. The van der Waals surface area contributed by atoms with Crippen LogP contribution in [0.1, 0.15) is 0 Å². The number of nitrogens with one attached hydrogen (secondary N) is 2. The van der Waals surface area contributed by atoms with E-state index in [2.05, 4.69) is 20.5 Å². The molecule has 1 aliphatic rings. The van der Waals surface area contributed by atoms with Gasteiger partial charge in [-0.15, -0.1) is 0 Å². The number of hydrogen-bond donors (Lipinski definition) is 2. The number of carbonyl (C=O) groups excluding carboxylic acids is 2. The van der Waals surface area contributed by atoms with Crippen molar-refractivity contribution in [1.29, 1.82) is 0 Å². The maximum atomic E-state index is 12.2. The molecule has 1 aromatic carbocycles. The van der Waals surface area contributed by atoms with Gasteiger partial charge in [-0.1, -0.05) is 11.6 Å². The highest BCUT2D eigenvalue weighted by molar-refractivity contribution is 6.30. The standard InChI is InChI=1S/C20H24ClN5O3/c1-25(14-20(28)24-18-7-2-15(21)12-22-18)13-19(27)23-16-3-5-17(6-4-16)26-8-10-29-11-9-26/h2-7,12H,8-11,13-14H2,1H3,(H,23,27)(H,22,24,28). The summed E-state index contributed by atoms with van der Waals surface area (Å²) in [7, 11) is 1.70. The number of aromatic nitrogens is 1. The largest absolute Gasteiger partial charge is 0.378 e. The molecule has 8 nitrogen and oxygen atoms in total. The molecule has 3 rings (SSSR count). The quantitative estimate of drug-likeness (QED) is 0.717. The highest BCUT2D eigenvalue weighted by Gasteiger charge is 2.13. The molecule has 2 heterocycles. The fourth-order valence-corrected chi connectivity index (χ4v) is 3.07. The van der Waals surface area contributed by atoms with Gasteiger partial charge in [0.05, 0.1) is 31.3 Å². The van der Waals surface area contributed by atoms with Crippen LogP contribution in [0.4, 0.5) is 17.2 Å². The molecule has 9 heteroatoms. The SMILES string of the molecule is CN(CC(=O)Nc1ccc(N2CCOCC2)cc1)CC(=O)Nc1ccc(Cl)cn1. The van der Waals surface area contributed by atoms with Crippen molar-refractivity contribution >= 4 is 40.6 Å². The molecule has 154 valence electrons. The van der Waals surface area contributed by atoms with Crippen molar-refractivity contribution in [3.05, 3.63) is 47.6 Å². The number of rotatable bonds is 7. The fraction of sp³-hybridized carbons (Fsp3) is 0.350. The molecule has 0 aliphatic carbocycles. The van der Waals surface area contributed by atoms with Gasteiger partial charge in [0.25, 0.3) is 0 Å². The third kappa shape index (κ3) is 6.70. The Bertz CT molecular complexity index is 823. The molecular formula is C20H24ClN5O3. The number of hydrogen-bond acceptors (Lipinski definition) is 6. The first kappa shape index (κ1) is 21.0. The summed E-state index contributed by atoms with van der Waals surface area (Å²) in [6, 6.07) is 11.0. The Balaban J connectivity index is 1.43. The van der Waals surface area contributed by atoms with E-state index in [-0.39, 0.29) is 24.9 Å². The van der Waals surface area contributed by atoms with E-state index in [1.165, 1.54) is 6.20 Å². The lowest BCUT2D eigenvalue weighted by Crippen LogP contribution is -2.36. The molecule has 1 fully saturated rings. The Morgan fingerprint density at radius 2 is 1.72 bits per heavy atom. The van der Waals surface area contributed by atoms with Crippen molar-refractivity contribution in [3.8, 4) is 0 Å². The first-order valence-corrected chi connectivity index (χ1v) is 9.70. The Hall–Kier alpha value is -2.68. The van der Waals surface area contributed by atoms with Crippen molar-refractivity contribution < 1.29 is 14.3 Å².